The quantitative estimate of drug-likeness (QED) is 0.603. The summed E-state index contributed by atoms with van der Waals surface area (Å²) in [7, 11) is 0. The molecule has 0 spiro atoms. The van der Waals surface area contributed by atoms with Crippen LogP contribution in [0, 0.1) is 0 Å². The highest BCUT2D eigenvalue weighted by Gasteiger charge is 2.12. The molecule has 8 heteroatoms. The van der Waals surface area contributed by atoms with Gasteiger partial charge in [0.2, 0.25) is 5.91 Å². The Kier molecular flexibility index (Phi) is 6.56. The first kappa shape index (κ1) is 19.1. The Balaban J connectivity index is 1.49. The van der Waals surface area contributed by atoms with E-state index in [9.17, 15) is 9.59 Å². The van der Waals surface area contributed by atoms with Crippen molar-refractivity contribution in [3.05, 3.63) is 63.3 Å². The summed E-state index contributed by atoms with van der Waals surface area (Å²) in [6.45, 7) is 2.95. The second kappa shape index (κ2) is 9.29. The van der Waals surface area contributed by atoms with E-state index in [4.69, 9.17) is 4.74 Å². The van der Waals surface area contributed by atoms with Crippen molar-refractivity contribution in [3.8, 4) is 5.75 Å². The van der Waals surface area contributed by atoms with Crippen molar-refractivity contribution in [2.45, 2.75) is 19.9 Å². The molecule has 2 aromatic heterocycles. The molecule has 0 fully saturated rings. The number of nitrogens with zero attached hydrogens (tertiary/aromatic N) is 1. The molecular formula is C19H19N3O3S2. The van der Waals surface area contributed by atoms with Gasteiger partial charge in [0, 0.05) is 11.9 Å². The Morgan fingerprint density at radius 1 is 1.19 bits per heavy atom. The number of hydrogen-bond acceptors (Lipinski definition) is 6. The molecule has 0 saturated heterocycles. The third-order valence-corrected chi connectivity index (χ3v) is 5.23. The minimum Gasteiger partial charge on any atom is -0.494 e. The predicted octanol–water partition coefficient (Wildman–Crippen LogP) is 3.71. The number of aromatic nitrogens is 1. The Morgan fingerprint density at radius 3 is 2.85 bits per heavy atom. The molecule has 6 nitrogen and oxygen atoms in total. The highest BCUT2D eigenvalue weighted by atomic mass is 32.1. The molecule has 2 N–H and O–H groups in total. The van der Waals surface area contributed by atoms with Gasteiger partial charge in [-0.15, -0.1) is 22.7 Å². The van der Waals surface area contributed by atoms with E-state index in [1.807, 2.05) is 42.6 Å². The van der Waals surface area contributed by atoms with Gasteiger partial charge in [-0.05, 0) is 36.1 Å². The van der Waals surface area contributed by atoms with Crippen LogP contribution >= 0.6 is 22.7 Å². The van der Waals surface area contributed by atoms with Crippen LogP contribution in [-0.4, -0.2) is 23.4 Å². The summed E-state index contributed by atoms with van der Waals surface area (Å²) in [5, 5.41) is 9.73. The zero-order valence-corrected chi connectivity index (χ0v) is 16.4. The average molecular weight is 402 g/mol. The van der Waals surface area contributed by atoms with Crippen molar-refractivity contribution in [1.82, 2.24) is 10.3 Å². The summed E-state index contributed by atoms with van der Waals surface area (Å²) in [6.07, 6.45) is 0.163. The van der Waals surface area contributed by atoms with Gasteiger partial charge in [0.05, 0.1) is 23.6 Å². The number of amides is 2. The Hall–Kier alpha value is -2.71. The summed E-state index contributed by atoms with van der Waals surface area (Å²) in [4.78, 5) is 29.1. The molecule has 0 aliphatic carbocycles. The second-order valence-corrected chi connectivity index (χ2v) is 7.42. The molecule has 0 radical (unpaired) electrons. The average Bonchev–Trinajstić information content (AvgIpc) is 3.33. The third-order valence-electron chi connectivity index (χ3n) is 3.56. The van der Waals surface area contributed by atoms with E-state index in [0.29, 0.717) is 28.9 Å². The first-order valence-corrected chi connectivity index (χ1v) is 10.2. The van der Waals surface area contributed by atoms with Gasteiger partial charge < -0.3 is 10.1 Å². The first-order chi connectivity index (χ1) is 13.1. The van der Waals surface area contributed by atoms with Gasteiger partial charge in [-0.25, -0.2) is 4.98 Å². The van der Waals surface area contributed by atoms with E-state index >= 15 is 0 Å². The van der Waals surface area contributed by atoms with Crippen molar-refractivity contribution >= 4 is 39.6 Å². The number of benzene rings is 1. The lowest BCUT2D eigenvalue weighted by Gasteiger charge is -2.07. The monoisotopic (exact) mass is 401 g/mol. The fourth-order valence-electron chi connectivity index (χ4n) is 2.35. The van der Waals surface area contributed by atoms with E-state index in [1.165, 1.54) is 22.7 Å². The molecule has 2 heterocycles. The molecule has 3 rings (SSSR count). The van der Waals surface area contributed by atoms with Crippen LogP contribution < -0.4 is 15.4 Å². The van der Waals surface area contributed by atoms with E-state index in [0.717, 1.165) is 11.3 Å². The topological polar surface area (TPSA) is 80.3 Å². The molecule has 0 saturated carbocycles. The number of rotatable bonds is 8. The number of nitrogens with one attached hydrogen (secondary N) is 2. The van der Waals surface area contributed by atoms with Crippen molar-refractivity contribution in [3.63, 3.8) is 0 Å². The maximum absolute atomic E-state index is 12.2. The molecule has 3 aromatic rings. The number of carbonyl (C=O) groups is 2. The summed E-state index contributed by atoms with van der Waals surface area (Å²) in [5.74, 6) is 0.470. The van der Waals surface area contributed by atoms with Gasteiger partial charge in [-0.1, -0.05) is 18.2 Å². The van der Waals surface area contributed by atoms with E-state index < -0.39 is 0 Å². The number of hydrogen-bond donors (Lipinski definition) is 2. The van der Waals surface area contributed by atoms with Crippen molar-refractivity contribution < 1.29 is 14.3 Å². The van der Waals surface area contributed by atoms with Gasteiger partial charge in [0.1, 0.15) is 5.75 Å². The zero-order chi connectivity index (χ0) is 19.1. The van der Waals surface area contributed by atoms with Gasteiger partial charge in [0.25, 0.3) is 5.91 Å². The summed E-state index contributed by atoms with van der Waals surface area (Å²) >= 11 is 2.67. The Morgan fingerprint density at radius 2 is 2.07 bits per heavy atom. The van der Waals surface area contributed by atoms with Crippen LogP contribution in [0.1, 0.15) is 27.9 Å². The number of ether oxygens (including phenoxy) is 1. The van der Waals surface area contributed by atoms with Crippen molar-refractivity contribution in [1.29, 1.82) is 0 Å². The van der Waals surface area contributed by atoms with Gasteiger partial charge in [-0.3, -0.25) is 14.9 Å². The van der Waals surface area contributed by atoms with Gasteiger partial charge >= 0.3 is 0 Å². The molecule has 0 atom stereocenters. The van der Waals surface area contributed by atoms with Crippen LogP contribution in [0.5, 0.6) is 5.75 Å². The fraction of sp³-hybridized carbons (Fsp3) is 0.211. The summed E-state index contributed by atoms with van der Waals surface area (Å²) in [5.41, 5.74) is 1.60. The number of anilines is 1. The maximum Gasteiger partial charge on any atom is 0.267 e. The fourth-order valence-corrected chi connectivity index (χ4v) is 3.68. The lowest BCUT2D eigenvalue weighted by Crippen LogP contribution is -2.24. The van der Waals surface area contributed by atoms with Crippen molar-refractivity contribution in [2.75, 3.05) is 11.9 Å². The van der Waals surface area contributed by atoms with Gasteiger partial charge in [-0.2, -0.15) is 0 Å². The minimum atomic E-state index is -0.190. The van der Waals surface area contributed by atoms with Crippen LogP contribution in [-0.2, 0) is 17.8 Å². The highest BCUT2D eigenvalue weighted by molar-refractivity contribution is 7.14. The minimum absolute atomic E-state index is 0.127. The summed E-state index contributed by atoms with van der Waals surface area (Å²) < 4.78 is 5.46. The number of thiophene rings is 1. The number of thiazole rings is 1. The molecule has 0 aliphatic heterocycles. The van der Waals surface area contributed by atoms with Crippen LogP contribution in [0.4, 0.5) is 5.13 Å². The van der Waals surface area contributed by atoms with Crippen LogP contribution in [0.15, 0.2) is 47.2 Å². The molecule has 1 aromatic carbocycles. The summed E-state index contributed by atoms with van der Waals surface area (Å²) in [6, 6.07) is 11.2. The molecule has 0 bridgehead atoms. The normalized spacial score (nSPS) is 10.4. The highest BCUT2D eigenvalue weighted by Crippen LogP contribution is 2.18. The Bertz CT molecular complexity index is 907. The SMILES string of the molecule is CCOc1cccc(CNC(=O)Cc2csc(NC(=O)c3cccs3)n2)c1. The molecule has 0 aliphatic rings. The Labute approximate surface area is 165 Å². The predicted molar refractivity (Wildman–Crippen MR) is 108 cm³/mol. The lowest BCUT2D eigenvalue weighted by molar-refractivity contribution is -0.120. The van der Waals surface area contributed by atoms with E-state index in [-0.39, 0.29) is 18.2 Å². The molecule has 2 amide bonds. The van der Waals surface area contributed by atoms with Gasteiger partial charge in [0.15, 0.2) is 5.13 Å². The van der Waals surface area contributed by atoms with E-state index in [2.05, 4.69) is 15.6 Å². The number of carbonyl (C=O) groups excluding carboxylic acids is 2. The van der Waals surface area contributed by atoms with Crippen molar-refractivity contribution in [2.24, 2.45) is 0 Å². The largest absolute Gasteiger partial charge is 0.494 e. The molecule has 0 unspecified atom stereocenters. The standard InChI is InChI=1S/C19H19N3O3S2/c1-2-25-15-6-3-5-13(9-15)11-20-17(23)10-14-12-27-19(21-14)22-18(24)16-7-4-8-26-16/h3-9,12H,2,10-11H2,1H3,(H,20,23)(H,21,22,24). The van der Waals surface area contributed by atoms with E-state index in [1.54, 1.807) is 11.4 Å². The molecule has 27 heavy (non-hydrogen) atoms. The third kappa shape index (κ3) is 5.63. The van der Waals surface area contributed by atoms with Crippen LogP contribution in [0.3, 0.4) is 0 Å². The smallest absolute Gasteiger partial charge is 0.267 e. The lowest BCUT2D eigenvalue weighted by atomic mass is 10.2. The molecule has 140 valence electrons. The maximum atomic E-state index is 12.2. The zero-order valence-electron chi connectivity index (χ0n) is 14.7. The second-order valence-electron chi connectivity index (χ2n) is 5.61. The van der Waals surface area contributed by atoms with Crippen LogP contribution in [0.2, 0.25) is 0 Å². The first-order valence-electron chi connectivity index (χ1n) is 8.41. The van der Waals surface area contributed by atoms with Crippen LogP contribution in [0.25, 0.3) is 0 Å². The molecular weight excluding hydrogens is 382 g/mol.